The first kappa shape index (κ1) is 28.8. The van der Waals surface area contributed by atoms with Gasteiger partial charge >= 0.3 is 0 Å². The Labute approximate surface area is 288 Å². The summed E-state index contributed by atoms with van der Waals surface area (Å²) in [7, 11) is 0. The van der Waals surface area contributed by atoms with E-state index in [4.69, 9.17) is 6.57 Å². The summed E-state index contributed by atoms with van der Waals surface area (Å²) in [5.74, 6) is 0. The van der Waals surface area contributed by atoms with Crippen LogP contribution in [-0.2, 0) is 0 Å². The van der Waals surface area contributed by atoms with E-state index in [1.165, 1.54) is 0 Å². The van der Waals surface area contributed by atoms with Crippen molar-refractivity contribution in [3.8, 4) is 45.8 Å². The molecular weight excluding hydrogens is 611 g/mol. The van der Waals surface area contributed by atoms with Crippen LogP contribution in [0.5, 0.6) is 0 Å². The van der Waals surface area contributed by atoms with Gasteiger partial charge in [-0.1, -0.05) is 103 Å². The Kier molecular flexibility index (Phi) is 6.56. The molecule has 0 fully saturated rings. The maximum Gasteiger partial charge on any atom is 0.211 e. The molecule has 0 amide bonds. The maximum atomic E-state index is 10.4. The summed E-state index contributed by atoms with van der Waals surface area (Å²) in [6.07, 6.45) is 0. The van der Waals surface area contributed by atoms with Crippen LogP contribution in [0.4, 0.5) is 5.69 Å². The molecule has 9 aromatic rings. The van der Waals surface area contributed by atoms with Crippen LogP contribution in [0.2, 0.25) is 0 Å². The summed E-state index contributed by atoms with van der Waals surface area (Å²) in [4.78, 5) is 3.88. The molecule has 0 spiro atoms. The minimum Gasteiger partial charge on any atom is -0.318 e. The fourth-order valence-electron chi connectivity index (χ4n) is 7.40. The fraction of sp³-hybridized carbons (Fsp3) is 0. The molecule has 5 nitrogen and oxygen atoms in total. The lowest BCUT2D eigenvalue weighted by Crippen LogP contribution is -1.98. The molecule has 50 heavy (non-hydrogen) atoms. The number of fused-ring (bicyclic) bond motifs is 6. The number of hydrogen-bond acceptors (Lipinski definition) is 2. The number of hydrogen-bond donors (Lipinski definition) is 0. The zero-order valence-electron chi connectivity index (χ0n) is 26.7. The second-order valence-corrected chi connectivity index (χ2v) is 12.3. The van der Waals surface area contributed by atoms with E-state index in [1.807, 2.05) is 72.8 Å². The van der Waals surface area contributed by atoms with Crippen molar-refractivity contribution in [3.63, 3.8) is 0 Å². The third-order valence-electron chi connectivity index (χ3n) is 9.63. The van der Waals surface area contributed by atoms with Gasteiger partial charge < -0.3 is 9.13 Å². The Morgan fingerprint density at radius 3 is 1.84 bits per heavy atom. The monoisotopic (exact) mass is 635 g/mol. The van der Waals surface area contributed by atoms with E-state index >= 15 is 0 Å². The summed E-state index contributed by atoms with van der Waals surface area (Å²) in [5.41, 5.74) is 11.4. The highest BCUT2D eigenvalue weighted by Gasteiger charge is 2.19. The zero-order valence-corrected chi connectivity index (χ0v) is 26.7. The molecule has 7 aromatic carbocycles. The van der Waals surface area contributed by atoms with Gasteiger partial charge in [0.2, 0.25) is 5.69 Å². The van der Waals surface area contributed by atoms with Crippen molar-refractivity contribution in [1.82, 2.24) is 9.13 Å². The third kappa shape index (κ3) is 4.31. The highest BCUT2D eigenvalue weighted by atomic mass is 15.0. The first-order valence-corrected chi connectivity index (χ1v) is 16.3. The molecule has 0 bridgehead atoms. The highest BCUT2D eigenvalue weighted by Crippen LogP contribution is 2.41. The van der Waals surface area contributed by atoms with Crippen molar-refractivity contribution >= 4 is 49.3 Å². The summed E-state index contributed by atoms with van der Waals surface area (Å²) in [6, 6.07) is 55.5. The molecule has 2 heterocycles. The molecule has 9 rings (SSSR count). The van der Waals surface area contributed by atoms with Crippen LogP contribution in [0.15, 0.2) is 152 Å². The molecule has 5 heteroatoms. The molecule has 0 saturated heterocycles. The Morgan fingerprint density at radius 2 is 1.12 bits per heavy atom. The average Bonchev–Trinajstić information content (AvgIpc) is 3.70. The lowest BCUT2D eigenvalue weighted by atomic mass is 9.97. The number of benzene rings is 7. The first-order chi connectivity index (χ1) is 24.7. The van der Waals surface area contributed by atoms with Crippen LogP contribution in [0.1, 0.15) is 11.1 Å². The van der Waals surface area contributed by atoms with E-state index in [2.05, 4.69) is 105 Å². The maximum absolute atomic E-state index is 10.4. The van der Waals surface area contributed by atoms with Crippen LogP contribution in [0.3, 0.4) is 0 Å². The summed E-state index contributed by atoms with van der Waals surface area (Å²) in [6.45, 7) is 7.95. The van der Waals surface area contributed by atoms with Crippen molar-refractivity contribution < 1.29 is 0 Å². The molecule has 230 valence electrons. The van der Waals surface area contributed by atoms with Gasteiger partial charge in [-0.2, -0.15) is 10.5 Å². The zero-order chi connectivity index (χ0) is 33.8. The predicted molar refractivity (Wildman–Crippen MR) is 202 cm³/mol. The molecule has 0 unspecified atom stereocenters. The third-order valence-corrected chi connectivity index (χ3v) is 9.63. The Bertz CT molecular complexity index is 2900. The van der Waals surface area contributed by atoms with Gasteiger partial charge in [0, 0.05) is 21.7 Å². The quantitative estimate of drug-likeness (QED) is 0.181. The summed E-state index contributed by atoms with van der Waals surface area (Å²) >= 11 is 0. The molecule has 0 aliphatic rings. The minimum atomic E-state index is 0.556. The van der Waals surface area contributed by atoms with Gasteiger partial charge in [0.25, 0.3) is 0 Å². The average molecular weight is 636 g/mol. The fourth-order valence-corrected chi connectivity index (χ4v) is 7.40. The Balaban J connectivity index is 1.15. The van der Waals surface area contributed by atoms with Crippen molar-refractivity contribution in [3.05, 3.63) is 174 Å². The van der Waals surface area contributed by atoms with Gasteiger partial charge in [-0.25, -0.2) is 4.85 Å². The number of para-hydroxylation sites is 4. The molecule has 0 N–H and O–H groups in total. The van der Waals surface area contributed by atoms with Crippen molar-refractivity contribution in [2.75, 3.05) is 0 Å². The number of nitrogens with zero attached hydrogens (tertiary/aromatic N) is 5. The standard InChI is InChI=1S/C45H25N5/c1-48-39-13-8-12-37-38-25-29(27-46)17-23-44(38)50(45(37)39)41-14-5-2-9-34(41)31-20-18-30(19-21-31)32-22-24-40(33(26-32)28-47)49-42-15-6-3-10-35(42)36-11-4-7-16-43(36)49/h2-26H. The molecule has 2 aromatic heterocycles. The van der Waals surface area contributed by atoms with Crippen LogP contribution in [0, 0.1) is 29.2 Å². The van der Waals surface area contributed by atoms with Gasteiger partial charge in [0.15, 0.2) is 0 Å². The van der Waals surface area contributed by atoms with Crippen LogP contribution < -0.4 is 0 Å². The molecule has 0 saturated carbocycles. The summed E-state index contributed by atoms with van der Waals surface area (Å²) < 4.78 is 4.33. The molecule has 0 aliphatic carbocycles. The smallest absolute Gasteiger partial charge is 0.211 e. The van der Waals surface area contributed by atoms with Gasteiger partial charge in [-0.05, 0) is 70.6 Å². The topological polar surface area (TPSA) is 61.8 Å². The lowest BCUT2D eigenvalue weighted by molar-refractivity contribution is 1.17. The van der Waals surface area contributed by atoms with Crippen LogP contribution in [0.25, 0.3) is 82.1 Å². The SMILES string of the molecule is [C-]#[N+]c1cccc2c3cc(C#N)ccc3n(-c3ccccc3-c3ccc(-c4ccc(-n5c6ccccc6c6ccccc65)c(C#N)c4)cc3)c12. The number of rotatable bonds is 4. The number of nitriles is 2. The van der Waals surface area contributed by atoms with Crippen molar-refractivity contribution in [2.24, 2.45) is 0 Å². The van der Waals surface area contributed by atoms with Gasteiger partial charge in [-0.15, -0.1) is 0 Å². The van der Waals surface area contributed by atoms with Crippen LogP contribution >= 0.6 is 0 Å². The van der Waals surface area contributed by atoms with E-state index < -0.39 is 0 Å². The Hall–Kier alpha value is -7.39. The van der Waals surface area contributed by atoms with E-state index in [0.29, 0.717) is 16.8 Å². The van der Waals surface area contributed by atoms with Crippen molar-refractivity contribution in [2.45, 2.75) is 0 Å². The first-order valence-electron chi connectivity index (χ1n) is 16.3. The van der Waals surface area contributed by atoms with E-state index in [-0.39, 0.29) is 0 Å². The van der Waals surface area contributed by atoms with Gasteiger partial charge in [0.05, 0.1) is 57.2 Å². The largest absolute Gasteiger partial charge is 0.318 e. The van der Waals surface area contributed by atoms with E-state index in [1.54, 1.807) is 0 Å². The van der Waals surface area contributed by atoms with E-state index in [9.17, 15) is 10.5 Å². The molecule has 0 atom stereocenters. The highest BCUT2D eigenvalue weighted by molar-refractivity contribution is 6.14. The van der Waals surface area contributed by atoms with Gasteiger partial charge in [-0.3, -0.25) is 0 Å². The molecule has 0 radical (unpaired) electrons. The van der Waals surface area contributed by atoms with E-state index in [0.717, 1.165) is 77.2 Å². The predicted octanol–water partition coefficient (Wildman–Crippen LogP) is 11.5. The molecule has 0 aliphatic heterocycles. The second kappa shape index (κ2) is 11.4. The Morgan fingerprint density at radius 1 is 0.480 bits per heavy atom. The lowest BCUT2D eigenvalue weighted by Gasteiger charge is -2.15. The van der Waals surface area contributed by atoms with Crippen molar-refractivity contribution in [1.29, 1.82) is 10.5 Å². The molecular formula is C45H25N5. The summed E-state index contributed by atoms with van der Waals surface area (Å²) in [5, 5.41) is 24.2. The van der Waals surface area contributed by atoms with Gasteiger partial charge in [0.1, 0.15) is 6.07 Å². The minimum absolute atomic E-state index is 0.556. The normalized spacial score (nSPS) is 11.1. The second-order valence-electron chi connectivity index (χ2n) is 12.3. The number of aromatic nitrogens is 2. The van der Waals surface area contributed by atoms with Crippen LogP contribution in [-0.4, -0.2) is 9.13 Å².